The first kappa shape index (κ1) is 22.4. The highest BCUT2D eigenvalue weighted by atomic mass is 19.1. The molecule has 170 valence electrons. The smallest absolute Gasteiger partial charge is 0.256 e. The fourth-order valence-electron chi connectivity index (χ4n) is 4.90. The molecule has 0 aromatic heterocycles. The molecule has 2 aromatic carbocycles. The average Bonchev–Trinajstić information content (AvgIpc) is 3.33. The van der Waals surface area contributed by atoms with E-state index in [4.69, 9.17) is 0 Å². The number of halogens is 2. The van der Waals surface area contributed by atoms with Gasteiger partial charge in [0, 0.05) is 32.7 Å². The van der Waals surface area contributed by atoms with E-state index in [1.165, 1.54) is 24.3 Å². The zero-order chi connectivity index (χ0) is 22.5. The van der Waals surface area contributed by atoms with Crippen LogP contribution in [0.5, 0.6) is 0 Å². The number of piperazine rings is 1. The molecule has 1 aliphatic carbocycles. The summed E-state index contributed by atoms with van der Waals surface area (Å²) >= 11 is 0. The summed E-state index contributed by atoms with van der Waals surface area (Å²) in [5, 5.41) is 2.99. The Morgan fingerprint density at radius 2 is 1.69 bits per heavy atom. The summed E-state index contributed by atoms with van der Waals surface area (Å²) in [6.45, 7) is 2.32. The number of benzene rings is 2. The van der Waals surface area contributed by atoms with Gasteiger partial charge in [-0.3, -0.25) is 14.5 Å². The Bertz CT molecular complexity index is 954. The minimum absolute atomic E-state index is 0.0463. The number of nitrogens with one attached hydrogen (secondary N) is 1. The monoisotopic (exact) mass is 441 g/mol. The molecule has 1 atom stereocenters. The Morgan fingerprint density at radius 3 is 2.38 bits per heavy atom. The summed E-state index contributed by atoms with van der Waals surface area (Å²) in [5.74, 6) is -0.915. The second-order valence-corrected chi connectivity index (χ2v) is 8.65. The van der Waals surface area contributed by atoms with Gasteiger partial charge in [-0.1, -0.05) is 37.1 Å². The number of carbonyl (C=O) groups is 2. The van der Waals surface area contributed by atoms with Crippen molar-refractivity contribution in [2.45, 2.75) is 38.3 Å². The summed E-state index contributed by atoms with van der Waals surface area (Å²) in [7, 11) is 0. The molecule has 0 radical (unpaired) electrons. The van der Waals surface area contributed by atoms with Crippen LogP contribution in [0.2, 0.25) is 0 Å². The predicted molar refractivity (Wildman–Crippen MR) is 118 cm³/mol. The Kier molecular flexibility index (Phi) is 7.15. The van der Waals surface area contributed by atoms with Gasteiger partial charge in [0.15, 0.2) is 0 Å². The average molecular weight is 442 g/mol. The highest BCUT2D eigenvalue weighted by Gasteiger charge is 2.37. The Morgan fingerprint density at radius 1 is 0.969 bits per heavy atom. The molecular formula is C25H29F2N3O2. The molecule has 1 heterocycles. The number of nitrogens with zero attached hydrogens (tertiary/aromatic N) is 2. The van der Waals surface area contributed by atoms with Crippen molar-refractivity contribution in [3.05, 3.63) is 71.3 Å². The first-order chi connectivity index (χ1) is 15.5. The molecule has 1 N–H and O–H groups in total. The Balaban J connectivity index is 1.40. The van der Waals surface area contributed by atoms with Gasteiger partial charge in [-0.2, -0.15) is 0 Å². The normalized spacial score (nSPS) is 18.5. The van der Waals surface area contributed by atoms with Gasteiger partial charge in [-0.25, -0.2) is 8.78 Å². The van der Waals surface area contributed by atoms with E-state index in [1.54, 1.807) is 29.2 Å². The highest BCUT2D eigenvalue weighted by Crippen LogP contribution is 2.31. The molecule has 0 bridgehead atoms. The number of rotatable bonds is 6. The van der Waals surface area contributed by atoms with Gasteiger partial charge >= 0.3 is 0 Å². The van der Waals surface area contributed by atoms with E-state index in [1.807, 2.05) is 0 Å². The van der Waals surface area contributed by atoms with Gasteiger partial charge in [0.05, 0.1) is 11.6 Å². The van der Waals surface area contributed by atoms with Crippen molar-refractivity contribution in [1.82, 2.24) is 15.1 Å². The van der Waals surface area contributed by atoms with Crippen LogP contribution in [0.3, 0.4) is 0 Å². The van der Waals surface area contributed by atoms with E-state index in [2.05, 4.69) is 10.2 Å². The number of hydrogen-bond acceptors (Lipinski definition) is 3. The largest absolute Gasteiger partial charge is 0.351 e. The Hall–Kier alpha value is -2.80. The molecule has 1 saturated carbocycles. The lowest BCUT2D eigenvalue weighted by molar-refractivity contribution is -0.129. The number of hydrogen-bond donors (Lipinski definition) is 1. The molecule has 1 aliphatic heterocycles. The SMILES string of the molecule is O=C(NCc1cccc(F)c1)C(C1CCCC1)N1CCN(C(=O)c2ccccc2F)CC1. The van der Waals surface area contributed by atoms with Gasteiger partial charge in [-0.05, 0) is 48.6 Å². The van der Waals surface area contributed by atoms with Crippen LogP contribution in [0.1, 0.15) is 41.6 Å². The second kappa shape index (κ2) is 10.2. The lowest BCUT2D eigenvalue weighted by Crippen LogP contribution is -2.58. The van der Waals surface area contributed by atoms with E-state index in [0.29, 0.717) is 26.2 Å². The summed E-state index contributed by atoms with van der Waals surface area (Å²) in [6.07, 6.45) is 4.24. The van der Waals surface area contributed by atoms with Crippen molar-refractivity contribution < 1.29 is 18.4 Å². The lowest BCUT2D eigenvalue weighted by Gasteiger charge is -2.40. The van der Waals surface area contributed by atoms with Crippen molar-refractivity contribution in [3.8, 4) is 0 Å². The van der Waals surface area contributed by atoms with Gasteiger partial charge in [0.1, 0.15) is 11.6 Å². The molecule has 4 rings (SSSR count). The van der Waals surface area contributed by atoms with Crippen LogP contribution in [-0.4, -0.2) is 53.8 Å². The maximum atomic E-state index is 14.0. The van der Waals surface area contributed by atoms with E-state index in [-0.39, 0.29) is 41.7 Å². The molecule has 5 nitrogen and oxygen atoms in total. The second-order valence-electron chi connectivity index (χ2n) is 8.65. The van der Waals surface area contributed by atoms with Crippen molar-refractivity contribution in [1.29, 1.82) is 0 Å². The zero-order valence-electron chi connectivity index (χ0n) is 18.1. The molecule has 0 spiro atoms. The van der Waals surface area contributed by atoms with Crippen molar-refractivity contribution in [3.63, 3.8) is 0 Å². The quantitative estimate of drug-likeness (QED) is 0.745. The van der Waals surface area contributed by atoms with E-state index in [0.717, 1.165) is 31.2 Å². The molecular weight excluding hydrogens is 412 g/mol. The number of carbonyl (C=O) groups excluding carboxylic acids is 2. The summed E-state index contributed by atoms with van der Waals surface area (Å²) in [5.41, 5.74) is 0.810. The molecule has 32 heavy (non-hydrogen) atoms. The summed E-state index contributed by atoms with van der Waals surface area (Å²) in [6, 6.07) is 12.0. The van der Waals surface area contributed by atoms with Crippen molar-refractivity contribution >= 4 is 11.8 Å². The van der Waals surface area contributed by atoms with Gasteiger partial charge in [-0.15, -0.1) is 0 Å². The minimum atomic E-state index is -0.513. The van der Waals surface area contributed by atoms with Crippen molar-refractivity contribution in [2.75, 3.05) is 26.2 Å². The van der Waals surface area contributed by atoms with Crippen LogP contribution >= 0.6 is 0 Å². The van der Waals surface area contributed by atoms with Crippen LogP contribution < -0.4 is 5.32 Å². The number of amides is 2. The zero-order valence-corrected chi connectivity index (χ0v) is 18.1. The first-order valence-electron chi connectivity index (χ1n) is 11.3. The highest BCUT2D eigenvalue weighted by molar-refractivity contribution is 5.94. The standard InChI is InChI=1S/C25H29F2N3O2/c26-20-9-5-6-18(16-20)17-28-24(31)23(19-7-1-2-8-19)29-12-14-30(15-13-29)25(32)21-10-3-4-11-22(21)27/h3-6,9-11,16,19,23H,1-2,7-8,12-15,17H2,(H,28,31). The molecule has 2 aromatic rings. The van der Waals surface area contributed by atoms with Gasteiger partial charge in [0.25, 0.3) is 5.91 Å². The lowest BCUT2D eigenvalue weighted by atomic mass is 9.94. The topological polar surface area (TPSA) is 52.7 Å². The Labute approximate surface area is 187 Å². The van der Waals surface area contributed by atoms with Crippen LogP contribution in [0.15, 0.2) is 48.5 Å². The molecule has 1 unspecified atom stereocenters. The van der Waals surface area contributed by atoms with Crippen LogP contribution in [0.25, 0.3) is 0 Å². The summed E-state index contributed by atoms with van der Waals surface area (Å²) < 4.78 is 27.5. The van der Waals surface area contributed by atoms with E-state index >= 15 is 0 Å². The molecule has 2 amide bonds. The van der Waals surface area contributed by atoms with Gasteiger partial charge in [0.2, 0.25) is 5.91 Å². The minimum Gasteiger partial charge on any atom is -0.351 e. The third-order valence-electron chi connectivity index (χ3n) is 6.57. The predicted octanol–water partition coefficient (Wildman–Crippen LogP) is 3.60. The summed E-state index contributed by atoms with van der Waals surface area (Å²) in [4.78, 5) is 29.7. The molecule has 7 heteroatoms. The fourth-order valence-corrected chi connectivity index (χ4v) is 4.90. The van der Waals surface area contributed by atoms with Gasteiger partial charge < -0.3 is 10.2 Å². The molecule has 2 fully saturated rings. The molecule has 2 aliphatic rings. The third kappa shape index (κ3) is 5.15. The van der Waals surface area contributed by atoms with Crippen LogP contribution in [0.4, 0.5) is 8.78 Å². The molecule has 1 saturated heterocycles. The van der Waals surface area contributed by atoms with Crippen LogP contribution in [-0.2, 0) is 11.3 Å². The third-order valence-corrected chi connectivity index (χ3v) is 6.57. The van der Waals surface area contributed by atoms with E-state index in [9.17, 15) is 18.4 Å². The maximum Gasteiger partial charge on any atom is 0.256 e. The van der Waals surface area contributed by atoms with Crippen molar-refractivity contribution in [2.24, 2.45) is 5.92 Å². The van der Waals surface area contributed by atoms with E-state index < -0.39 is 5.82 Å². The van der Waals surface area contributed by atoms with Crippen LogP contribution in [0, 0.1) is 17.6 Å². The maximum absolute atomic E-state index is 14.0. The first-order valence-corrected chi connectivity index (χ1v) is 11.3. The fraction of sp³-hybridized carbons (Fsp3) is 0.440.